The highest BCUT2D eigenvalue weighted by Crippen LogP contribution is 2.29. The molecular weight excluding hydrogens is 408 g/mol. The smallest absolute Gasteiger partial charge is 0.408 e. The van der Waals surface area contributed by atoms with Gasteiger partial charge < -0.3 is 15.4 Å². The molecule has 0 saturated heterocycles. The number of aromatic nitrogens is 1. The quantitative estimate of drug-likeness (QED) is 0.365. The maximum atomic E-state index is 12.0. The molecular formula is C24H26N4O4. The van der Waals surface area contributed by atoms with Crippen LogP contribution < -0.4 is 10.6 Å². The SMILES string of the molecule is C[C@H](NC(=O)OC(C)(C)C)c1ccc(Nc2nc(-c3ccccc3)ccc2[N+](=O)[O-])cc1. The molecule has 3 rings (SSSR count). The average molecular weight is 434 g/mol. The summed E-state index contributed by atoms with van der Waals surface area (Å²) in [5.74, 6) is 0.157. The van der Waals surface area contributed by atoms with Gasteiger partial charge in [-0.05, 0) is 51.5 Å². The van der Waals surface area contributed by atoms with E-state index in [1.165, 1.54) is 6.07 Å². The number of amides is 1. The zero-order chi connectivity index (χ0) is 23.3. The molecule has 1 heterocycles. The van der Waals surface area contributed by atoms with Crippen molar-refractivity contribution in [3.63, 3.8) is 0 Å². The van der Waals surface area contributed by atoms with Crippen molar-refractivity contribution in [3.05, 3.63) is 82.4 Å². The van der Waals surface area contributed by atoms with E-state index in [4.69, 9.17) is 4.74 Å². The molecule has 0 spiro atoms. The van der Waals surface area contributed by atoms with E-state index < -0.39 is 16.6 Å². The summed E-state index contributed by atoms with van der Waals surface area (Å²) >= 11 is 0. The molecule has 0 aliphatic heterocycles. The number of ether oxygens (including phenoxy) is 1. The van der Waals surface area contributed by atoms with Gasteiger partial charge in [-0.2, -0.15) is 0 Å². The maximum Gasteiger partial charge on any atom is 0.408 e. The lowest BCUT2D eigenvalue weighted by Crippen LogP contribution is -2.34. The minimum atomic E-state index is -0.576. The number of rotatable bonds is 6. The van der Waals surface area contributed by atoms with Gasteiger partial charge in [-0.25, -0.2) is 9.78 Å². The largest absolute Gasteiger partial charge is 0.444 e. The second-order valence-electron chi connectivity index (χ2n) is 8.30. The molecule has 2 aromatic carbocycles. The summed E-state index contributed by atoms with van der Waals surface area (Å²) in [5, 5.41) is 17.3. The minimum Gasteiger partial charge on any atom is -0.444 e. The number of hydrogen-bond acceptors (Lipinski definition) is 6. The summed E-state index contributed by atoms with van der Waals surface area (Å²) in [6.45, 7) is 7.26. The standard InChI is InChI=1S/C24H26N4O4/c1-16(25-23(29)32-24(2,3)4)17-10-12-19(13-11-17)26-22-21(28(30)31)15-14-20(27-22)18-8-6-5-7-9-18/h5-16H,1-4H3,(H,25,29)(H,26,27)/t16-/m0/s1. The van der Waals surface area contributed by atoms with Gasteiger partial charge in [-0.3, -0.25) is 10.1 Å². The molecule has 1 atom stereocenters. The van der Waals surface area contributed by atoms with Crippen LogP contribution in [0.4, 0.5) is 22.0 Å². The van der Waals surface area contributed by atoms with Crippen LogP contribution in [0.2, 0.25) is 0 Å². The van der Waals surface area contributed by atoms with Crippen LogP contribution in [0.5, 0.6) is 0 Å². The fourth-order valence-electron chi connectivity index (χ4n) is 3.02. The zero-order valence-electron chi connectivity index (χ0n) is 18.5. The van der Waals surface area contributed by atoms with E-state index in [-0.39, 0.29) is 17.5 Å². The summed E-state index contributed by atoms with van der Waals surface area (Å²) in [5.41, 5.74) is 2.30. The average Bonchev–Trinajstić information content (AvgIpc) is 2.73. The number of nitro groups is 1. The van der Waals surface area contributed by atoms with Gasteiger partial charge in [0.25, 0.3) is 0 Å². The topological polar surface area (TPSA) is 106 Å². The van der Waals surface area contributed by atoms with Crippen LogP contribution in [-0.4, -0.2) is 21.6 Å². The van der Waals surface area contributed by atoms with E-state index in [0.29, 0.717) is 11.4 Å². The molecule has 32 heavy (non-hydrogen) atoms. The van der Waals surface area contributed by atoms with Crippen LogP contribution in [0.25, 0.3) is 11.3 Å². The molecule has 0 aliphatic rings. The van der Waals surface area contributed by atoms with E-state index in [2.05, 4.69) is 15.6 Å². The Morgan fingerprint density at radius 2 is 1.69 bits per heavy atom. The van der Waals surface area contributed by atoms with Gasteiger partial charge >= 0.3 is 11.8 Å². The second kappa shape index (κ2) is 9.47. The van der Waals surface area contributed by atoms with Crippen LogP contribution in [0.1, 0.15) is 39.3 Å². The zero-order valence-corrected chi connectivity index (χ0v) is 18.5. The Morgan fingerprint density at radius 1 is 1.03 bits per heavy atom. The highest BCUT2D eigenvalue weighted by Gasteiger charge is 2.19. The van der Waals surface area contributed by atoms with Crippen LogP contribution in [0.15, 0.2) is 66.7 Å². The molecule has 0 aliphatic carbocycles. The molecule has 8 nitrogen and oxygen atoms in total. The number of benzene rings is 2. The summed E-state index contributed by atoms with van der Waals surface area (Å²) in [6, 6.07) is 19.5. The molecule has 0 unspecified atom stereocenters. The number of anilines is 2. The third-order valence-electron chi connectivity index (χ3n) is 4.55. The lowest BCUT2D eigenvalue weighted by molar-refractivity contribution is -0.384. The molecule has 0 bridgehead atoms. The maximum absolute atomic E-state index is 12.0. The number of alkyl carbamates (subject to hydrolysis) is 1. The number of carbonyl (C=O) groups excluding carboxylic acids is 1. The summed E-state index contributed by atoms with van der Waals surface area (Å²) in [4.78, 5) is 27.5. The molecule has 0 radical (unpaired) electrons. The molecule has 166 valence electrons. The highest BCUT2D eigenvalue weighted by molar-refractivity contribution is 5.71. The molecule has 3 aromatic rings. The van der Waals surface area contributed by atoms with Gasteiger partial charge in [0.05, 0.1) is 16.7 Å². The van der Waals surface area contributed by atoms with Gasteiger partial charge in [-0.1, -0.05) is 42.5 Å². The van der Waals surface area contributed by atoms with Crippen LogP contribution in [0.3, 0.4) is 0 Å². The van der Waals surface area contributed by atoms with Crippen LogP contribution >= 0.6 is 0 Å². The van der Waals surface area contributed by atoms with Crippen molar-refractivity contribution < 1.29 is 14.5 Å². The number of hydrogen-bond donors (Lipinski definition) is 2. The van der Waals surface area contributed by atoms with Crippen molar-refractivity contribution in [1.82, 2.24) is 10.3 Å². The fourth-order valence-corrected chi connectivity index (χ4v) is 3.02. The monoisotopic (exact) mass is 434 g/mol. The molecule has 1 amide bonds. The van der Waals surface area contributed by atoms with E-state index in [0.717, 1.165) is 11.1 Å². The van der Waals surface area contributed by atoms with Gasteiger partial charge in [0.1, 0.15) is 5.60 Å². The predicted molar refractivity (Wildman–Crippen MR) is 124 cm³/mol. The summed E-state index contributed by atoms with van der Waals surface area (Å²) in [6.07, 6.45) is -0.496. The minimum absolute atomic E-state index is 0.117. The van der Waals surface area contributed by atoms with E-state index in [1.54, 1.807) is 39.0 Å². The first kappa shape index (κ1) is 22.7. The van der Waals surface area contributed by atoms with Gasteiger partial charge in [0.15, 0.2) is 0 Å². The normalized spacial score (nSPS) is 12.0. The Bertz CT molecular complexity index is 1090. The van der Waals surface area contributed by atoms with Crippen molar-refractivity contribution in [3.8, 4) is 11.3 Å². The third kappa shape index (κ3) is 6.04. The number of pyridine rings is 1. The molecule has 0 fully saturated rings. The summed E-state index contributed by atoms with van der Waals surface area (Å²) < 4.78 is 5.28. The van der Waals surface area contributed by atoms with Crippen molar-refractivity contribution in [2.24, 2.45) is 0 Å². The second-order valence-corrected chi connectivity index (χ2v) is 8.30. The van der Waals surface area contributed by atoms with Crippen molar-refractivity contribution in [1.29, 1.82) is 0 Å². The van der Waals surface area contributed by atoms with Crippen molar-refractivity contribution in [2.45, 2.75) is 39.3 Å². The molecule has 8 heteroatoms. The first-order valence-corrected chi connectivity index (χ1v) is 10.2. The Hall–Kier alpha value is -3.94. The fraction of sp³-hybridized carbons (Fsp3) is 0.250. The van der Waals surface area contributed by atoms with Gasteiger partial charge in [0, 0.05) is 17.3 Å². The lowest BCUT2D eigenvalue weighted by Gasteiger charge is -2.22. The lowest BCUT2D eigenvalue weighted by atomic mass is 10.1. The molecule has 0 saturated carbocycles. The van der Waals surface area contributed by atoms with Crippen molar-refractivity contribution in [2.75, 3.05) is 5.32 Å². The first-order chi connectivity index (χ1) is 15.1. The Morgan fingerprint density at radius 3 is 2.28 bits per heavy atom. The van der Waals surface area contributed by atoms with Gasteiger partial charge in [-0.15, -0.1) is 0 Å². The van der Waals surface area contributed by atoms with Crippen LogP contribution in [-0.2, 0) is 4.74 Å². The van der Waals surface area contributed by atoms with E-state index >= 15 is 0 Å². The molecule has 2 N–H and O–H groups in total. The van der Waals surface area contributed by atoms with Gasteiger partial charge in [0.2, 0.25) is 5.82 Å². The Balaban J connectivity index is 1.77. The van der Waals surface area contributed by atoms with Crippen LogP contribution in [0, 0.1) is 10.1 Å². The Kier molecular flexibility index (Phi) is 6.73. The predicted octanol–water partition coefficient (Wildman–Crippen LogP) is 5.99. The molecule has 1 aromatic heterocycles. The van der Waals surface area contributed by atoms with E-state index in [1.807, 2.05) is 49.4 Å². The number of nitrogens with zero attached hydrogens (tertiary/aromatic N) is 2. The van der Waals surface area contributed by atoms with Crippen molar-refractivity contribution >= 4 is 23.3 Å². The highest BCUT2D eigenvalue weighted by atomic mass is 16.6. The summed E-state index contributed by atoms with van der Waals surface area (Å²) in [7, 11) is 0. The number of nitrogens with one attached hydrogen (secondary N) is 2. The number of carbonyl (C=O) groups is 1. The Labute approximate surface area is 186 Å². The first-order valence-electron chi connectivity index (χ1n) is 10.2. The van der Waals surface area contributed by atoms with E-state index in [9.17, 15) is 14.9 Å². The third-order valence-corrected chi connectivity index (χ3v) is 4.55.